The van der Waals surface area contributed by atoms with E-state index in [9.17, 15) is 13.2 Å². The molecule has 4 aromatic rings. The Bertz CT molecular complexity index is 1330. The number of ether oxygens (including phenoxy) is 2. The molecule has 1 saturated carbocycles. The number of halogens is 3. The van der Waals surface area contributed by atoms with Gasteiger partial charge in [0.25, 0.3) is 0 Å². The molecular formula is C23H26F3N7O2. The van der Waals surface area contributed by atoms with Gasteiger partial charge in [0.15, 0.2) is 5.65 Å². The van der Waals surface area contributed by atoms with E-state index in [2.05, 4.69) is 25.1 Å². The van der Waals surface area contributed by atoms with Crippen LogP contribution in [0.1, 0.15) is 31.5 Å². The van der Waals surface area contributed by atoms with Gasteiger partial charge in [0.1, 0.15) is 11.3 Å². The lowest BCUT2D eigenvalue weighted by atomic mass is 9.93. The van der Waals surface area contributed by atoms with Crippen LogP contribution in [0.15, 0.2) is 30.6 Å². The predicted molar refractivity (Wildman–Crippen MR) is 123 cm³/mol. The highest BCUT2D eigenvalue weighted by molar-refractivity contribution is 5.82. The van der Waals surface area contributed by atoms with Gasteiger partial charge >= 0.3 is 6.36 Å². The first-order chi connectivity index (χ1) is 16.8. The number of anilines is 1. The molecule has 0 radical (unpaired) electrons. The minimum absolute atomic E-state index is 0.00438. The van der Waals surface area contributed by atoms with Gasteiger partial charge < -0.3 is 14.6 Å². The molecule has 12 heteroatoms. The van der Waals surface area contributed by atoms with Gasteiger partial charge in [-0.05, 0) is 50.8 Å². The third-order valence-corrected chi connectivity index (χ3v) is 6.30. The van der Waals surface area contributed by atoms with Crippen molar-refractivity contribution in [3.63, 3.8) is 0 Å². The van der Waals surface area contributed by atoms with E-state index in [0.29, 0.717) is 44.8 Å². The maximum absolute atomic E-state index is 12.4. The number of imidazole rings is 1. The molecule has 0 bridgehead atoms. The molecule has 1 aliphatic carbocycles. The molecule has 35 heavy (non-hydrogen) atoms. The second-order valence-corrected chi connectivity index (χ2v) is 8.67. The zero-order valence-electron chi connectivity index (χ0n) is 19.4. The second kappa shape index (κ2) is 9.42. The zero-order valence-corrected chi connectivity index (χ0v) is 19.4. The number of hydrogen-bond acceptors (Lipinski definition) is 7. The first-order valence-electron chi connectivity index (χ1n) is 11.5. The van der Waals surface area contributed by atoms with Gasteiger partial charge in [0.05, 0.1) is 30.1 Å². The van der Waals surface area contributed by atoms with Crippen molar-refractivity contribution in [3.8, 4) is 11.3 Å². The molecule has 0 saturated heterocycles. The SMILES string of the molecule is COCCn1c(C)nc2ccc(-c3ccn4nc(N[C@H]5CC[C@@H](OC(F)(F)F)CC5)ncc34)nc21. The van der Waals surface area contributed by atoms with E-state index in [0.717, 1.165) is 33.8 Å². The number of rotatable bonds is 7. The molecule has 1 fully saturated rings. The van der Waals surface area contributed by atoms with Gasteiger partial charge in [0.2, 0.25) is 5.95 Å². The zero-order chi connectivity index (χ0) is 24.6. The summed E-state index contributed by atoms with van der Waals surface area (Å²) in [7, 11) is 1.66. The van der Waals surface area contributed by atoms with Gasteiger partial charge in [-0.15, -0.1) is 18.3 Å². The first-order valence-corrected chi connectivity index (χ1v) is 11.5. The summed E-state index contributed by atoms with van der Waals surface area (Å²) < 4.78 is 50.4. The van der Waals surface area contributed by atoms with E-state index >= 15 is 0 Å². The minimum atomic E-state index is -4.59. The molecule has 0 aliphatic heterocycles. The maximum atomic E-state index is 12.4. The van der Waals surface area contributed by atoms with Gasteiger partial charge in [-0.2, -0.15) is 0 Å². The maximum Gasteiger partial charge on any atom is 0.522 e. The number of nitrogens with one attached hydrogen (secondary N) is 1. The van der Waals surface area contributed by atoms with Crippen molar-refractivity contribution >= 4 is 22.6 Å². The van der Waals surface area contributed by atoms with E-state index in [1.54, 1.807) is 17.8 Å². The number of alkyl halides is 3. The number of pyridine rings is 1. The molecule has 9 nitrogen and oxygen atoms in total. The average Bonchev–Trinajstić information content (AvgIpc) is 3.37. The van der Waals surface area contributed by atoms with E-state index in [1.807, 2.05) is 35.9 Å². The van der Waals surface area contributed by atoms with Crippen molar-refractivity contribution < 1.29 is 22.6 Å². The molecule has 0 atom stereocenters. The van der Waals surface area contributed by atoms with Crippen LogP contribution in [-0.4, -0.2) is 61.4 Å². The van der Waals surface area contributed by atoms with Crippen molar-refractivity contribution in [1.82, 2.24) is 29.1 Å². The van der Waals surface area contributed by atoms with Gasteiger partial charge in [-0.1, -0.05) is 0 Å². The number of aromatic nitrogens is 6. The number of fused-ring (bicyclic) bond motifs is 2. The van der Waals surface area contributed by atoms with Crippen LogP contribution in [0.25, 0.3) is 27.9 Å². The lowest BCUT2D eigenvalue weighted by molar-refractivity contribution is -0.345. The van der Waals surface area contributed by atoms with Gasteiger partial charge in [0, 0.05) is 31.5 Å². The largest absolute Gasteiger partial charge is 0.522 e. The Morgan fingerprint density at radius 2 is 1.91 bits per heavy atom. The average molecular weight is 490 g/mol. The van der Waals surface area contributed by atoms with Gasteiger partial charge in [-0.3, -0.25) is 4.74 Å². The summed E-state index contributed by atoms with van der Waals surface area (Å²) in [5.41, 5.74) is 4.08. The van der Waals surface area contributed by atoms with E-state index in [4.69, 9.17) is 9.72 Å². The van der Waals surface area contributed by atoms with Crippen LogP contribution in [0.2, 0.25) is 0 Å². The number of hydrogen-bond donors (Lipinski definition) is 1. The van der Waals surface area contributed by atoms with Crippen molar-refractivity contribution in [3.05, 3.63) is 36.4 Å². The Hall–Kier alpha value is -3.25. The van der Waals surface area contributed by atoms with E-state index in [-0.39, 0.29) is 6.04 Å². The molecule has 0 amide bonds. The quantitative estimate of drug-likeness (QED) is 0.413. The summed E-state index contributed by atoms with van der Waals surface area (Å²) in [6.45, 7) is 3.17. The molecule has 1 N–H and O–H groups in total. The fourth-order valence-electron chi connectivity index (χ4n) is 4.59. The van der Waals surface area contributed by atoms with Crippen LogP contribution in [0.4, 0.5) is 19.1 Å². The van der Waals surface area contributed by atoms with Crippen LogP contribution in [0, 0.1) is 6.92 Å². The second-order valence-electron chi connectivity index (χ2n) is 8.67. The number of nitrogens with zero attached hydrogens (tertiary/aromatic N) is 6. The highest BCUT2D eigenvalue weighted by Crippen LogP contribution is 2.30. The molecule has 0 spiro atoms. The van der Waals surface area contributed by atoms with Crippen LogP contribution >= 0.6 is 0 Å². The molecule has 0 unspecified atom stereocenters. The van der Waals surface area contributed by atoms with Crippen LogP contribution in [0.3, 0.4) is 0 Å². The monoisotopic (exact) mass is 489 g/mol. The molecule has 0 aromatic carbocycles. The van der Waals surface area contributed by atoms with E-state index in [1.165, 1.54) is 0 Å². The molecule has 5 rings (SSSR count). The van der Waals surface area contributed by atoms with Crippen molar-refractivity contribution in [2.24, 2.45) is 0 Å². The van der Waals surface area contributed by atoms with Gasteiger partial charge in [-0.25, -0.2) is 19.5 Å². The Morgan fingerprint density at radius 1 is 1.11 bits per heavy atom. The number of methoxy groups -OCH3 is 1. The third kappa shape index (κ3) is 5.08. The predicted octanol–water partition coefficient (Wildman–Crippen LogP) is 4.36. The minimum Gasteiger partial charge on any atom is -0.383 e. The van der Waals surface area contributed by atoms with Crippen molar-refractivity contribution in [2.45, 2.75) is 57.7 Å². The highest BCUT2D eigenvalue weighted by atomic mass is 19.4. The Balaban J connectivity index is 1.33. The standard InChI is InChI=1S/C23H26F3N7O2/c1-14-28-19-8-7-18(30-21(19)32(14)11-12-34-2)17-9-10-33-20(17)13-27-22(31-33)29-15-3-5-16(6-4-15)35-23(24,25)26/h7-10,13,15-16H,3-6,11-12H2,1-2H3,(H,29,31)/t15-,16+. The summed E-state index contributed by atoms with van der Waals surface area (Å²) >= 11 is 0. The summed E-state index contributed by atoms with van der Waals surface area (Å²) in [5.74, 6) is 1.30. The summed E-state index contributed by atoms with van der Waals surface area (Å²) in [6.07, 6.45) is -0.0370. The van der Waals surface area contributed by atoms with E-state index < -0.39 is 12.5 Å². The lowest BCUT2D eigenvalue weighted by Crippen LogP contribution is -2.33. The fourth-order valence-corrected chi connectivity index (χ4v) is 4.59. The fraction of sp³-hybridized carbons (Fsp3) is 0.478. The Morgan fingerprint density at radius 3 is 2.66 bits per heavy atom. The van der Waals surface area contributed by atoms with Crippen LogP contribution in [-0.2, 0) is 16.0 Å². The summed E-state index contributed by atoms with van der Waals surface area (Å²) in [4.78, 5) is 13.9. The van der Waals surface area contributed by atoms with Crippen LogP contribution in [0.5, 0.6) is 0 Å². The molecule has 1 aliphatic rings. The molecule has 186 valence electrons. The number of aryl methyl sites for hydroxylation is 1. The third-order valence-electron chi connectivity index (χ3n) is 6.30. The smallest absolute Gasteiger partial charge is 0.383 e. The first kappa shape index (κ1) is 23.5. The highest BCUT2D eigenvalue weighted by Gasteiger charge is 2.35. The summed E-state index contributed by atoms with van der Waals surface area (Å²) in [5, 5.41) is 7.78. The Labute approximate surface area is 199 Å². The van der Waals surface area contributed by atoms with Crippen LogP contribution < -0.4 is 5.32 Å². The van der Waals surface area contributed by atoms with Crippen molar-refractivity contribution in [2.75, 3.05) is 19.0 Å². The molecule has 4 heterocycles. The molecular weight excluding hydrogens is 463 g/mol. The summed E-state index contributed by atoms with van der Waals surface area (Å²) in [6, 6.07) is 5.81. The Kier molecular flexibility index (Phi) is 6.32. The molecule has 4 aromatic heterocycles. The van der Waals surface area contributed by atoms with Crippen molar-refractivity contribution in [1.29, 1.82) is 0 Å². The topological polar surface area (TPSA) is 91.4 Å². The lowest BCUT2D eigenvalue weighted by Gasteiger charge is -2.29. The normalized spacial score (nSPS) is 19.0.